The number of fused-ring (bicyclic) bond motifs is 1. The standard InChI is InChI=1S/C12H12O2.C10H13F2NO3/c13-12(10-6-2-1-3-7-10)14-11-8-4-5-9-11;1-4(14)13-8(9(15)16)5-2-6-7(3-5)10(6,11)12/h1-7,11H,8-9H2;5-8H,2-3H2,1H3,(H,13,14)(H,15,16)/t;5?,6-,7?,8?/m.0/s1. The van der Waals surface area contributed by atoms with Crippen LogP contribution in [0.25, 0.3) is 0 Å². The Hall–Kier alpha value is -2.77. The highest BCUT2D eigenvalue weighted by Gasteiger charge is 2.72. The van der Waals surface area contributed by atoms with Gasteiger partial charge in [-0.1, -0.05) is 30.4 Å². The number of carbonyl (C=O) groups is 3. The third-order valence-electron chi connectivity index (χ3n) is 5.82. The van der Waals surface area contributed by atoms with E-state index in [1.165, 1.54) is 6.92 Å². The minimum atomic E-state index is -2.60. The van der Waals surface area contributed by atoms with E-state index in [0.717, 1.165) is 12.8 Å². The highest BCUT2D eigenvalue weighted by atomic mass is 19.3. The van der Waals surface area contributed by atoms with Crippen molar-refractivity contribution in [3.63, 3.8) is 0 Å². The Morgan fingerprint density at radius 2 is 1.67 bits per heavy atom. The Bertz CT molecular complexity index is 804. The van der Waals surface area contributed by atoms with Gasteiger partial charge in [-0.25, -0.2) is 18.4 Å². The Labute approximate surface area is 173 Å². The van der Waals surface area contributed by atoms with Gasteiger partial charge in [0.15, 0.2) is 0 Å². The summed E-state index contributed by atoms with van der Waals surface area (Å²) in [5, 5.41) is 11.2. The summed E-state index contributed by atoms with van der Waals surface area (Å²) in [7, 11) is 0. The smallest absolute Gasteiger partial charge is 0.338 e. The van der Waals surface area contributed by atoms with Crippen LogP contribution in [0.5, 0.6) is 0 Å². The van der Waals surface area contributed by atoms with Gasteiger partial charge in [0, 0.05) is 31.6 Å². The van der Waals surface area contributed by atoms with Gasteiger partial charge < -0.3 is 15.2 Å². The zero-order valence-corrected chi connectivity index (χ0v) is 16.6. The number of nitrogens with one attached hydrogen (secondary N) is 1. The number of benzene rings is 1. The molecule has 8 heteroatoms. The zero-order chi connectivity index (χ0) is 21.9. The molecule has 0 aromatic heterocycles. The molecule has 0 heterocycles. The molecular weight excluding hydrogens is 396 g/mol. The van der Waals surface area contributed by atoms with Crippen molar-refractivity contribution in [3.05, 3.63) is 48.0 Å². The number of carboxylic acids is 1. The fourth-order valence-corrected chi connectivity index (χ4v) is 4.21. The van der Waals surface area contributed by atoms with Crippen molar-refractivity contribution >= 4 is 17.8 Å². The minimum Gasteiger partial charge on any atom is -0.480 e. The predicted molar refractivity (Wildman–Crippen MR) is 104 cm³/mol. The molecule has 1 aromatic carbocycles. The minimum absolute atomic E-state index is 0.0442. The summed E-state index contributed by atoms with van der Waals surface area (Å²) in [6, 6.07) is 8.07. The van der Waals surface area contributed by atoms with Crippen LogP contribution >= 0.6 is 0 Å². The van der Waals surface area contributed by atoms with Gasteiger partial charge in [0.25, 0.3) is 5.92 Å². The topological polar surface area (TPSA) is 92.7 Å². The number of halogens is 2. The van der Waals surface area contributed by atoms with E-state index in [9.17, 15) is 23.2 Å². The molecule has 0 radical (unpaired) electrons. The van der Waals surface area contributed by atoms with E-state index < -0.39 is 35.7 Å². The van der Waals surface area contributed by atoms with Gasteiger partial charge in [0.1, 0.15) is 12.1 Å². The van der Waals surface area contributed by atoms with Crippen LogP contribution in [0.1, 0.15) is 43.0 Å². The SMILES string of the molecule is CC(=O)NC(C(=O)O)C1CC2[C@H](C1)C2(F)F.O=C(OC1CC=CC1)c1ccccc1. The molecular formula is C22H25F2NO5. The van der Waals surface area contributed by atoms with E-state index in [1.54, 1.807) is 12.1 Å². The Morgan fingerprint density at radius 3 is 2.17 bits per heavy atom. The average Bonchev–Trinajstić information content (AvgIpc) is 3.18. The molecule has 6 nitrogen and oxygen atoms in total. The van der Waals surface area contributed by atoms with Gasteiger partial charge in [0.05, 0.1) is 5.56 Å². The van der Waals surface area contributed by atoms with Crippen LogP contribution in [0.4, 0.5) is 8.78 Å². The summed E-state index contributed by atoms with van der Waals surface area (Å²) in [6.07, 6.45) is 6.20. The third-order valence-corrected chi connectivity index (χ3v) is 5.82. The average molecular weight is 421 g/mol. The fourth-order valence-electron chi connectivity index (χ4n) is 4.21. The molecule has 1 amide bonds. The van der Waals surface area contributed by atoms with Crippen molar-refractivity contribution in [2.75, 3.05) is 0 Å². The molecule has 0 saturated heterocycles. The number of carbonyl (C=O) groups excluding carboxylic acids is 2. The lowest BCUT2D eigenvalue weighted by atomic mass is 9.94. The Kier molecular flexibility index (Phi) is 6.53. The van der Waals surface area contributed by atoms with Crippen molar-refractivity contribution in [1.82, 2.24) is 5.32 Å². The normalized spacial score (nSPS) is 26.7. The van der Waals surface area contributed by atoms with Gasteiger partial charge in [-0.05, 0) is 30.9 Å². The van der Waals surface area contributed by atoms with Crippen molar-refractivity contribution in [3.8, 4) is 0 Å². The van der Waals surface area contributed by atoms with Crippen LogP contribution in [-0.2, 0) is 14.3 Å². The van der Waals surface area contributed by atoms with Gasteiger partial charge in [-0.2, -0.15) is 0 Å². The molecule has 162 valence electrons. The van der Waals surface area contributed by atoms with E-state index in [2.05, 4.69) is 5.32 Å². The summed E-state index contributed by atoms with van der Waals surface area (Å²) in [5.41, 5.74) is 0.624. The summed E-state index contributed by atoms with van der Waals surface area (Å²) in [5.74, 6) is -6.13. The number of aliphatic carboxylic acids is 1. The van der Waals surface area contributed by atoms with E-state index in [-0.39, 0.29) is 30.8 Å². The number of ether oxygens (including phenoxy) is 1. The largest absolute Gasteiger partial charge is 0.480 e. The van der Waals surface area contributed by atoms with Gasteiger partial charge in [-0.15, -0.1) is 0 Å². The number of hydrogen-bond donors (Lipinski definition) is 2. The lowest BCUT2D eigenvalue weighted by Gasteiger charge is -2.22. The van der Waals surface area contributed by atoms with Crippen molar-refractivity contribution in [2.24, 2.45) is 17.8 Å². The zero-order valence-electron chi connectivity index (χ0n) is 16.6. The summed E-state index contributed by atoms with van der Waals surface area (Å²) >= 11 is 0. The molecule has 0 bridgehead atoms. The van der Waals surface area contributed by atoms with Crippen molar-refractivity contribution in [2.45, 2.75) is 50.7 Å². The first-order chi connectivity index (χ1) is 14.2. The summed E-state index contributed by atoms with van der Waals surface area (Å²) < 4.78 is 31.1. The third kappa shape index (κ3) is 5.04. The summed E-state index contributed by atoms with van der Waals surface area (Å²) in [6.45, 7) is 1.22. The Morgan fingerprint density at radius 1 is 1.10 bits per heavy atom. The molecule has 3 aliphatic carbocycles. The molecule has 30 heavy (non-hydrogen) atoms. The molecule has 1 aromatic rings. The first kappa shape index (κ1) is 21.9. The molecule has 2 N–H and O–H groups in total. The van der Waals surface area contributed by atoms with Crippen LogP contribution in [0.3, 0.4) is 0 Å². The first-order valence-corrected chi connectivity index (χ1v) is 9.99. The van der Waals surface area contributed by atoms with Gasteiger partial charge in [0.2, 0.25) is 5.91 Å². The van der Waals surface area contributed by atoms with Crippen LogP contribution < -0.4 is 5.32 Å². The number of carboxylic acid groups (broad SMARTS) is 1. The maximum atomic E-state index is 12.9. The highest BCUT2D eigenvalue weighted by Crippen LogP contribution is 2.66. The van der Waals surface area contributed by atoms with E-state index in [1.807, 2.05) is 30.4 Å². The number of amides is 1. The first-order valence-electron chi connectivity index (χ1n) is 9.99. The number of alkyl halides is 2. The Balaban J connectivity index is 0.000000172. The lowest BCUT2D eigenvalue weighted by Crippen LogP contribution is -2.45. The van der Waals surface area contributed by atoms with Crippen LogP contribution in [0.2, 0.25) is 0 Å². The second kappa shape index (κ2) is 8.93. The highest BCUT2D eigenvalue weighted by molar-refractivity contribution is 5.89. The quantitative estimate of drug-likeness (QED) is 0.561. The van der Waals surface area contributed by atoms with Gasteiger partial charge in [-0.3, -0.25) is 4.79 Å². The molecule has 4 rings (SSSR count). The van der Waals surface area contributed by atoms with Crippen molar-refractivity contribution in [1.29, 1.82) is 0 Å². The molecule has 4 atom stereocenters. The monoisotopic (exact) mass is 421 g/mol. The molecule has 0 aliphatic heterocycles. The predicted octanol–water partition coefficient (Wildman–Crippen LogP) is 3.43. The van der Waals surface area contributed by atoms with E-state index in [0.29, 0.717) is 5.56 Å². The van der Waals surface area contributed by atoms with Crippen LogP contribution in [0, 0.1) is 17.8 Å². The second-order valence-electron chi connectivity index (χ2n) is 7.97. The molecule has 3 aliphatic rings. The van der Waals surface area contributed by atoms with Gasteiger partial charge >= 0.3 is 11.9 Å². The maximum Gasteiger partial charge on any atom is 0.338 e. The molecule has 2 saturated carbocycles. The number of esters is 1. The van der Waals surface area contributed by atoms with E-state index >= 15 is 0 Å². The lowest BCUT2D eigenvalue weighted by molar-refractivity contribution is -0.143. The maximum absolute atomic E-state index is 12.9. The molecule has 2 fully saturated rings. The molecule has 3 unspecified atom stereocenters. The molecule has 0 spiro atoms. The number of hydrogen-bond acceptors (Lipinski definition) is 4. The van der Waals surface area contributed by atoms with E-state index in [4.69, 9.17) is 9.84 Å². The van der Waals surface area contributed by atoms with Crippen LogP contribution in [-0.4, -0.2) is 41.0 Å². The number of rotatable bonds is 5. The van der Waals surface area contributed by atoms with Crippen molar-refractivity contribution < 1.29 is 33.0 Å². The van der Waals surface area contributed by atoms with Crippen LogP contribution in [0.15, 0.2) is 42.5 Å². The fraction of sp³-hybridized carbons (Fsp3) is 0.500. The summed E-state index contributed by atoms with van der Waals surface area (Å²) in [4.78, 5) is 33.3. The second-order valence-corrected chi connectivity index (χ2v) is 7.97.